The van der Waals surface area contributed by atoms with Crippen LogP contribution in [0.25, 0.3) is 0 Å². The van der Waals surface area contributed by atoms with Gasteiger partial charge in [-0.25, -0.2) is 4.79 Å². The van der Waals surface area contributed by atoms with Gasteiger partial charge in [0, 0.05) is 5.56 Å². The predicted molar refractivity (Wildman–Crippen MR) is 66.5 cm³/mol. The fourth-order valence-electron chi connectivity index (χ4n) is 1.65. The van der Waals surface area contributed by atoms with Gasteiger partial charge in [0.2, 0.25) is 12.3 Å². The van der Waals surface area contributed by atoms with Gasteiger partial charge in [0.1, 0.15) is 0 Å². The van der Waals surface area contributed by atoms with E-state index < -0.39 is 5.97 Å². The first-order valence-electron chi connectivity index (χ1n) is 5.71. The third-order valence-electron chi connectivity index (χ3n) is 2.62. The van der Waals surface area contributed by atoms with Crippen molar-refractivity contribution in [3.63, 3.8) is 0 Å². The summed E-state index contributed by atoms with van der Waals surface area (Å²) in [4.78, 5) is 27.4. The van der Waals surface area contributed by atoms with Gasteiger partial charge >= 0.3 is 5.97 Å². The van der Waals surface area contributed by atoms with Crippen molar-refractivity contribution in [2.75, 3.05) is 7.11 Å². The molecule has 0 N–H and O–H groups in total. The molecule has 2 aromatic rings. The molecule has 1 aromatic heterocycles. The summed E-state index contributed by atoms with van der Waals surface area (Å²) in [6.07, 6.45) is 6.64. The number of rotatable bonds is 4. The van der Waals surface area contributed by atoms with Crippen LogP contribution in [0.3, 0.4) is 0 Å². The van der Waals surface area contributed by atoms with E-state index in [1.165, 1.54) is 13.2 Å². The summed E-state index contributed by atoms with van der Waals surface area (Å²) in [5.74, 6) is -0.534. The number of Topliss-reactive ketones (excluding diaryl/α,β-unsaturated/α-hetero) is 1. The Morgan fingerprint density at radius 2 is 1.89 bits per heavy atom. The van der Waals surface area contributed by atoms with E-state index in [0.29, 0.717) is 11.1 Å². The van der Waals surface area contributed by atoms with Gasteiger partial charge in [-0.3, -0.25) is 9.78 Å². The molecule has 0 amide bonds. The summed E-state index contributed by atoms with van der Waals surface area (Å²) < 4.78 is 6.35. The second-order valence-corrected chi connectivity index (χ2v) is 3.91. The molecule has 0 fully saturated rings. The SMILES string of the molecule is COC(=O)c1cccc(C(=O)C[n+]2ccncc2)c1. The predicted octanol–water partition coefficient (Wildman–Crippen LogP) is 1.04. The van der Waals surface area contributed by atoms with Crippen LogP contribution < -0.4 is 4.57 Å². The van der Waals surface area contributed by atoms with Crippen molar-refractivity contribution >= 4 is 11.8 Å². The Bertz CT molecular complexity index is 597. The average Bonchev–Trinajstić information content (AvgIpc) is 2.47. The lowest BCUT2D eigenvalue weighted by molar-refractivity contribution is -0.683. The molecule has 5 nitrogen and oxygen atoms in total. The fourth-order valence-corrected chi connectivity index (χ4v) is 1.65. The number of nitrogens with zero attached hydrogens (tertiary/aromatic N) is 2. The Morgan fingerprint density at radius 1 is 1.21 bits per heavy atom. The molecular formula is C14H13N2O3+. The number of esters is 1. The molecule has 0 aliphatic carbocycles. The van der Waals surface area contributed by atoms with Crippen LogP contribution in [0.4, 0.5) is 0 Å². The van der Waals surface area contributed by atoms with Gasteiger partial charge < -0.3 is 4.74 Å². The Hall–Kier alpha value is -2.56. The molecule has 96 valence electrons. The Kier molecular flexibility index (Phi) is 3.97. The first kappa shape index (κ1) is 12.9. The maximum atomic E-state index is 12.1. The molecule has 0 unspecified atom stereocenters. The number of aromatic nitrogens is 2. The highest BCUT2D eigenvalue weighted by atomic mass is 16.5. The molecule has 5 heteroatoms. The summed E-state index contributed by atoms with van der Waals surface area (Å²) in [7, 11) is 1.31. The second-order valence-electron chi connectivity index (χ2n) is 3.91. The normalized spacial score (nSPS) is 9.95. The van der Waals surface area contributed by atoms with Gasteiger partial charge in [-0.15, -0.1) is 0 Å². The summed E-state index contributed by atoms with van der Waals surface area (Å²) in [5, 5.41) is 0. The summed E-state index contributed by atoms with van der Waals surface area (Å²) >= 11 is 0. The monoisotopic (exact) mass is 257 g/mol. The lowest BCUT2D eigenvalue weighted by Crippen LogP contribution is -2.37. The molecule has 1 aromatic carbocycles. The van der Waals surface area contributed by atoms with Crippen LogP contribution in [0.5, 0.6) is 0 Å². The van der Waals surface area contributed by atoms with Crippen LogP contribution in [0.2, 0.25) is 0 Å². The van der Waals surface area contributed by atoms with Crippen LogP contribution in [0, 0.1) is 0 Å². The highest BCUT2D eigenvalue weighted by Gasteiger charge is 2.14. The van der Waals surface area contributed by atoms with E-state index in [2.05, 4.69) is 9.72 Å². The van der Waals surface area contributed by atoms with Crippen molar-refractivity contribution in [1.82, 2.24) is 4.98 Å². The lowest BCUT2D eigenvalue weighted by Gasteiger charge is -2.02. The molecular weight excluding hydrogens is 244 g/mol. The van der Waals surface area contributed by atoms with Crippen LogP contribution in [0.15, 0.2) is 49.1 Å². The zero-order valence-corrected chi connectivity index (χ0v) is 10.4. The largest absolute Gasteiger partial charge is 0.465 e. The number of ketones is 1. The Labute approximate surface area is 110 Å². The quantitative estimate of drug-likeness (QED) is 0.466. The maximum Gasteiger partial charge on any atom is 0.337 e. The van der Waals surface area contributed by atoms with Crippen LogP contribution in [0.1, 0.15) is 20.7 Å². The first-order valence-corrected chi connectivity index (χ1v) is 5.71. The first-order chi connectivity index (χ1) is 9.20. The van der Waals surface area contributed by atoms with E-state index in [4.69, 9.17) is 0 Å². The van der Waals surface area contributed by atoms with Crippen molar-refractivity contribution in [3.05, 3.63) is 60.2 Å². The Morgan fingerprint density at radius 3 is 2.58 bits per heavy atom. The van der Waals surface area contributed by atoms with Gasteiger partial charge in [-0.2, -0.15) is 4.57 Å². The van der Waals surface area contributed by atoms with Gasteiger partial charge in [0.15, 0.2) is 12.4 Å². The number of hydrogen-bond acceptors (Lipinski definition) is 4. The van der Waals surface area contributed by atoms with E-state index >= 15 is 0 Å². The van der Waals surface area contributed by atoms with Gasteiger partial charge in [0.25, 0.3) is 0 Å². The maximum absolute atomic E-state index is 12.1. The summed E-state index contributed by atoms with van der Waals surface area (Å²) in [5.41, 5.74) is 0.847. The molecule has 1 heterocycles. The second kappa shape index (κ2) is 5.86. The number of ether oxygens (including phenoxy) is 1. The van der Waals surface area contributed by atoms with Crippen molar-refractivity contribution in [3.8, 4) is 0 Å². The molecule has 0 saturated heterocycles. The zero-order chi connectivity index (χ0) is 13.7. The van der Waals surface area contributed by atoms with Crippen LogP contribution >= 0.6 is 0 Å². The summed E-state index contributed by atoms with van der Waals surface area (Å²) in [6, 6.07) is 6.49. The molecule has 0 bridgehead atoms. The molecule has 0 aliphatic rings. The number of carbonyl (C=O) groups is 2. The van der Waals surface area contributed by atoms with Crippen LogP contribution in [-0.2, 0) is 11.3 Å². The minimum absolute atomic E-state index is 0.0815. The number of carbonyl (C=O) groups excluding carboxylic acids is 2. The van der Waals surface area contributed by atoms with E-state index in [1.807, 2.05) is 0 Å². The molecule has 0 spiro atoms. The van der Waals surface area contributed by atoms with Crippen molar-refractivity contribution < 1.29 is 18.9 Å². The van der Waals surface area contributed by atoms with E-state index in [-0.39, 0.29) is 12.3 Å². The molecule has 19 heavy (non-hydrogen) atoms. The van der Waals surface area contributed by atoms with Gasteiger partial charge in [-0.1, -0.05) is 12.1 Å². The van der Waals surface area contributed by atoms with Crippen molar-refractivity contribution in [1.29, 1.82) is 0 Å². The number of methoxy groups -OCH3 is 1. The van der Waals surface area contributed by atoms with E-state index in [1.54, 1.807) is 47.6 Å². The highest BCUT2D eigenvalue weighted by Crippen LogP contribution is 2.07. The van der Waals surface area contributed by atoms with E-state index in [9.17, 15) is 9.59 Å². The van der Waals surface area contributed by atoms with Crippen molar-refractivity contribution in [2.24, 2.45) is 0 Å². The van der Waals surface area contributed by atoms with Gasteiger partial charge in [-0.05, 0) is 12.1 Å². The molecule has 0 atom stereocenters. The standard InChI is InChI=1S/C14H13N2O3/c1-19-14(18)12-4-2-3-11(9-12)13(17)10-16-7-5-15-6-8-16/h2-9H,10H2,1H3/q+1. The minimum atomic E-state index is -0.453. The molecule has 2 rings (SSSR count). The van der Waals surface area contributed by atoms with Crippen LogP contribution in [-0.4, -0.2) is 23.8 Å². The number of benzene rings is 1. The lowest BCUT2D eigenvalue weighted by atomic mass is 10.1. The topological polar surface area (TPSA) is 60.1 Å². The minimum Gasteiger partial charge on any atom is -0.465 e. The molecule has 0 aliphatic heterocycles. The smallest absolute Gasteiger partial charge is 0.337 e. The third kappa shape index (κ3) is 3.22. The molecule has 0 radical (unpaired) electrons. The highest BCUT2D eigenvalue weighted by molar-refractivity contribution is 5.98. The van der Waals surface area contributed by atoms with Gasteiger partial charge in [0.05, 0.1) is 25.1 Å². The Balaban J connectivity index is 2.18. The zero-order valence-electron chi connectivity index (χ0n) is 10.4. The summed E-state index contributed by atoms with van der Waals surface area (Å²) in [6.45, 7) is 0.202. The average molecular weight is 257 g/mol. The van der Waals surface area contributed by atoms with Crippen molar-refractivity contribution in [2.45, 2.75) is 6.54 Å². The van der Waals surface area contributed by atoms with E-state index in [0.717, 1.165) is 0 Å². The third-order valence-corrected chi connectivity index (χ3v) is 2.62. The fraction of sp³-hybridized carbons (Fsp3) is 0.143. The number of hydrogen-bond donors (Lipinski definition) is 0. The molecule has 0 saturated carbocycles.